The van der Waals surface area contributed by atoms with Gasteiger partial charge in [-0.3, -0.25) is 9.59 Å². The molecular formula is C16H28N2O3. The Bertz CT molecular complexity index is 397. The molecule has 2 saturated heterocycles. The second kappa shape index (κ2) is 6.77. The lowest BCUT2D eigenvalue weighted by Crippen LogP contribution is -2.65. The molecule has 4 unspecified atom stereocenters. The van der Waals surface area contributed by atoms with Gasteiger partial charge in [-0.25, -0.2) is 0 Å². The summed E-state index contributed by atoms with van der Waals surface area (Å²) in [4.78, 5) is 26.8. The molecule has 2 fully saturated rings. The summed E-state index contributed by atoms with van der Waals surface area (Å²) in [5.41, 5.74) is 0. The second-order valence-electron chi connectivity index (χ2n) is 6.52. The summed E-state index contributed by atoms with van der Waals surface area (Å²) < 4.78 is 5.73. The highest BCUT2D eigenvalue weighted by Gasteiger charge is 2.43. The number of hydrogen-bond acceptors (Lipinski definition) is 3. The van der Waals surface area contributed by atoms with Gasteiger partial charge in [-0.15, -0.1) is 0 Å². The molecule has 120 valence electrons. The fraction of sp³-hybridized carbons (Fsp3) is 0.875. The van der Waals surface area contributed by atoms with Crippen LogP contribution in [0.4, 0.5) is 0 Å². The topological polar surface area (TPSA) is 58.6 Å². The molecule has 5 heteroatoms. The third-order valence-electron chi connectivity index (χ3n) is 4.72. The maximum atomic E-state index is 12.7. The Labute approximate surface area is 127 Å². The lowest BCUT2D eigenvalue weighted by molar-refractivity contribution is -0.152. The Balaban J connectivity index is 2.17. The first-order valence-electron chi connectivity index (χ1n) is 8.22. The molecule has 0 radical (unpaired) electrons. The first-order chi connectivity index (χ1) is 9.99. The second-order valence-corrected chi connectivity index (χ2v) is 6.52. The van der Waals surface area contributed by atoms with Gasteiger partial charge < -0.3 is 15.0 Å². The van der Waals surface area contributed by atoms with Crippen molar-refractivity contribution in [3.05, 3.63) is 0 Å². The zero-order valence-corrected chi connectivity index (χ0v) is 13.6. The lowest BCUT2D eigenvalue weighted by atomic mass is 9.92. The Morgan fingerprint density at radius 2 is 2.00 bits per heavy atom. The quantitative estimate of drug-likeness (QED) is 0.837. The summed E-state index contributed by atoms with van der Waals surface area (Å²) in [6, 6.07) is -0.715. The summed E-state index contributed by atoms with van der Waals surface area (Å²) in [5.74, 6) is 0.527. The van der Waals surface area contributed by atoms with Crippen molar-refractivity contribution in [1.82, 2.24) is 10.2 Å². The number of nitrogens with one attached hydrogen (secondary N) is 1. The number of carbonyl (C=O) groups excluding carboxylic acids is 2. The van der Waals surface area contributed by atoms with E-state index in [-0.39, 0.29) is 35.9 Å². The van der Waals surface area contributed by atoms with E-state index in [1.807, 2.05) is 25.7 Å². The van der Waals surface area contributed by atoms with Gasteiger partial charge in [0.1, 0.15) is 12.1 Å². The van der Waals surface area contributed by atoms with Crippen molar-refractivity contribution < 1.29 is 14.3 Å². The maximum Gasteiger partial charge on any atom is 0.245 e. The molecule has 1 N–H and O–H groups in total. The molecule has 0 spiro atoms. The van der Waals surface area contributed by atoms with Crippen molar-refractivity contribution >= 4 is 11.8 Å². The van der Waals surface area contributed by atoms with Crippen LogP contribution in [-0.4, -0.2) is 48.1 Å². The molecule has 21 heavy (non-hydrogen) atoms. The van der Waals surface area contributed by atoms with E-state index in [2.05, 4.69) is 12.2 Å². The number of carbonyl (C=O) groups is 2. The predicted molar refractivity (Wildman–Crippen MR) is 80.7 cm³/mol. The first-order valence-corrected chi connectivity index (χ1v) is 8.22. The zero-order valence-electron chi connectivity index (χ0n) is 13.6. The van der Waals surface area contributed by atoms with Crippen LogP contribution in [0.15, 0.2) is 0 Å². The highest BCUT2D eigenvalue weighted by Crippen LogP contribution is 2.28. The molecule has 0 aromatic heterocycles. The maximum absolute atomic E-state index is 12.7. The molecule has 2 rings (SSSR count). The summed E-state index contributed by atoms with van der Waals surface area (Å²) in [5, 5.41) is 2.87. The van der Waals surface area contributed by atoms with Gasteiger partial charge in [-0.1, -0.05) is 27.7 Å². The van der Waals surface area contributed by atoms with Crippen molar-refractivity contribution in [1.29, 1.82) is 0 Å². The van der Waals surface area contributed by atoms with Crippen molar-refractivity contribution in [3.63, 3.8) is 0 Å². The Kier molecular flexibility index (Phi) is 5.25. The minimum atomic E-state index is -0.366. The van der Waals surface area contributed by atoms with Crippen molar-refractivity contribution in [3.8, 4) is 0 Å². The van der Waals surface area contributed by atoms with Crippen LogP contribution in [0.1, 0.15) is 47.0 Å². The lowest BCUT2D eigenvalue weighted by Gasteiger charge is -2.42. The van der Waals surface area contributed by atoms with Gasteiger partial charge in [0.25, 0.3) is 0 Å². The molecule has 5 nitrogen and oxygen atoms in total. The number of nitrogens with zero attached hydrogens (tertiary/aromatic N) is 1. The van der Waals surface area contributed by atoms with Crippen molar-refractivity contribution in [2.45, 2.75) is 65.1 Å². The average molecular weight is 296 g/mol. The number of ether oxygens (including phenoxy) is 1. The first kappa shape index (κ1) is 16.3. The molecule has 2 heterocycles. The SMILES string of the molecule is CCC1NC(=O)C(C(C)C)N(CC2CCOC2CC)C1=O. The summed E-state index contributed by atoms with van der Waals surface area (Å²) in [7, 11) is 0. The third-order valence-corrected chi connectivity index (χ3v) is 4.72. The van der Waals surface area contributed by atoms with E-state index in [4.69, 9.17) is 4.74 Å². The predicted octanol–water partition coefficient (Wildman–Crippen LogP) is 1.56. The average Bonchev–Trinajstić information content (AvgIpc) is 2.89. The zero-order chi connectivity index (χ0) is 15.6. The third kappa shape index (κ3) is 3.23. The van der Waals surface area contributed by atoms with Crippen LogP contribution in [0.2, 0.25) is 0 Å². The molecule has 0 bridgehead atoms. The van der Waals surface area contributed by atoms with E-state index in [0.29, 0.717) is 18.9 Å². The fourth-order valence-corrected chi connectivity index (χ4v) is 3.55. The van der Waals surface area contributed by atoms with E-state index < -0.39 is 0 Å². The van der Waals surface area contributed by atoms with E-state index in [1.54, 1.807) is 0 Å². The molecule has 0 aliphatic carbocycles. The number of amides is 2. The minimum absolute atomic E-state index is 0.0107. The standard InChI is InChI=1S/C16H28N2O3/c1-5-12-16(20)18(14(10(3)4)15(19)17-12)9-11-7-8-21-13(11)6-2/h10-14H,5-9H2,1-4H3,(H,17,19). The normalized spacial score (nSPS) is 33.7. The van der Waals surface area contributed by atoms with Crippen LogP contribution >= 0.6 is 0 Å². The van der Waals surface area contributed by atoms with Gasteiger partial charge in [-0.05, 0) is 25.2 Å². The monoisotopic (exact) mass is 296 g/mol. The van der Waals surface area contributed by atoms with E-state index in [0.717, 1.165) is 19.4 Å². The van der Waals surface area contributed by atoms with Crippen LogP contribution in [0.3, 0.4) is 0 Å². The van der Waals surface area contributed by atoms with Crippen LogP contribution in [0.25, 0.3) is 0 Å². The summed E-state index contributed by atoms with van der Waals surface area (Å²) in [6.45, 7) is 9.45. The Morgan fingerprint density at radius 3 is 2.57 bits per heavy atom. The van der Waals surface area contributed by atoms with Gasteiger partial charge >= 0.3 is 0 Å². The number of rotatable bonds is 5. The van der Waals surface area contributed by atoms with Crippen LogP contribution < -0.4 is 5.32 Å². The van der Waals surface area contributed by atoms with Gasteiger partial charge in [-0.2, -0.15) is 0 Å². The molecule has 0 aromatic rings. The summed E-state index contributed by atoms with van der Waals surface area (Å²) in [6.07, 6.45) is 2.80. The molecule has 2 aliphatic rings. The fourth-order valence-electron chi connectivity index (χ4n) is 3.55. The highest BCUT2D eigenvalue weighted by atomic mass is 16.5. The van der Waals surface area contributed by atoms with Gasteiger partial charge in [0, 0.05) is 19.1 Å². The molecule has 2 aliphatic heterocycles. The van der Waals surface area contributed by atoms with Gasteiger partial charge in [0.15, 0.2) is 0 Å². The number of hydrogen-bond donors (Lipinski definition) is 1. The van der Waals surface area contributed by atoms with Crippen molar-refractivity contribution in [2.75, 3.05) is 13.2 Å². The minimum Gasteiger partial charge on any atom is -0.378 e. The highest BCUT2D eigenvalue weighted by molar-refractivity contribution is 5.97. The van der Waals surface area contributed by atoms with E-state index in [1.165, 1.54) is 0 Å². The molecular weight excluding hydrogens is 268 g/mol. The number of piperazine rings is 1. The van der Waals surface area contributed by atoms with E-state index in [9.17, 15) is 9.59 Å². The largest absolute Gasteiger partial charge is 0.378 e. The Morgan fingerprint density at radius 1 is 1.29 bits per heavy atom. The smallest absolute Gasteiger partial charge is 0.245 e. The Hall–Kier alpha value is -1.10. The van der Waals surface area contributed by atoms with E-state index >= 15 is 0 Å². The molecule has 4 atom stereocenters. The van der Waals surface area contributed by atoms with Crippen LogP contribution in [0.5, 0.6) is 0 Å². The van der Waals surface area contributed by atoms with Crippen LogP contribution in [-0.2, 0) is 14.3 Å². The molecule has 0 saturated carbocycles. The van der Waals surface area contributed by atoms with Crippen LogP contribution in [0, 0.1) is 11.8 Å². The van der Waals surface area contributed by atoms with Gasteiger partial charge in [0.2, 0.25) is 11.8 Å². The molecule has 0 aromatic carbocycles. The van der Waals surface area contributed by atoms with Crippen molar-refractivity contribution in [2.24, 2.45) is 11.8 Å². The summed E-state index contributed by atoms with van der Waals surface area (Å²) >= 11 is 0. The van der Waals surface area contributed by atoms with Gasteiger partial charge in [0.05, 0.1) is 6.10 Å². The molecule has 2 amide bonds.